The third-order valence-electron chi connectivity index (χ3n) is 3.81. The Balaban J connectivity index is 2.42. The van der Waals surface area contributed by atoms with Crippen LogP contribution >= 0.6 is 7.29 Å². The van der Waals surface area contributed by atoms with Crippen LogP contribution in [0.2, 0.25) is 0 Å². The SMILES string of the molecule is C=CCC(CC(C)C)NP(=O)(c1ccccc1)c1ccccc1. The number of nitrogens with one attached hydrogen (secondary N) is 1. The summed E-state index contributed by atoms with van der Waals surface area (Å²) in [5, 5.41) is 5.18. The molecule has 0 heterocycles. The molecule has 2 nitrogen and oxygen atoms in total. The van der Waals surface area contributed by atoms with Crippen LogP contribution in [0, 0.1) is 5.92 Å². The van der Waals surface area contributed by atoms with Crippen molar-refractivity contribution >= 4 is 17.9 Å². The first kappa shape index (κ1) is 17.7. The van der Waals surface area contributed by atoms with Crippen LogP contribution in [0.1, 0.15) is 26.7 Å². The highest BCUT2D eigenvalue weighted by Crippen LogP contribution is 2.40. The van der Waals surface area contributed by atoms with Crippen LogP contribution in [-0.4, -0.2) is 6.04 Å². The molecule has 0 aliphatic rings. The van der Waals surface area contributed by atoms with Gasteiger partial charge in [-0.05, 0) is 43.0 Å². The quantitative estimate of drug-likeness (QED) is 0.571. The van der Waals surface area contributed by atoms with Crippen molar-refractivity contribution in [3.8, 4) is 0 Å². The van der Waals surface area contributed by atoms with Gasteiger partial charge in [-0.1, -0.05) is 56.3 Å². The zero-order valence-corrected chi connectivity index (χ0v) is 14.9. The molecule has 0 aromatic heterocycles. The Morgan fingerprint density at radius 3 is 1.87 bits per heavy atom. The average molecular weight is 327 g/mol. The molecule has 1 atom stereocenters. The van der Waals surface area contributed by atoms with E-state index in [1.165, 1.54) is 0 Å². The molecule has 122 valence electrons. The zero-order chi connectivity index (χ0) is 16.7. The van der Waals surface area contributed by atoms with E-state index in [-0.39, 0.29) is 6.04 Å². The van der Waals surface area contributed by atoms with E-state index in [2.05, 4.69) is 25.5 Å². The Morgan fingerprint density at radius 2 is 1.48 bits per heavy atom. The lowest BCUT2D eigenvalue weighted by atomic mass is 10.0. The zero-order valence-electron chi connectivity index (χ0n) is 14.0. The molecule has 2 aromatic rings. The molecule has 0 fully saturated rings. The molecule has 2 rings (SSSR count). The standard InChI is InChI=1S/C20H26NOP/c1-4-11-18(16-17(2)3)21-23(22,19-12-7-5-8-13-19)20-14-9-6-10-15-20/h4-10,12-15,17-18H,1,11,16H2,2-3H3,(H,21,22). The van der Waals surface area contributed by atoms with Gasteiger partial charge in [0.15, 0.2) is 0 Å². The number of rotatable bonds is 8. The predicted molar refractivity (Wildman–Crippen MR) is 101 cm³/mol. The lowest BCUT2D eigenvalue weighted by Crippen LogP contribution is -2.35. The van der Waals surface area contributed by atoms with Crippen LogP contribution in [0.15, 0.2) is 73.3 Å². The first-order valence-corrected chi connectivity index (χ1v) is 9.87. The topological polar surface area (TPSA) is 29.1 Å². The Kier molecular flexibility index (Phi) is 6.38. The van der Waals surface area contributed by atoms with Gasteiger partial charge in [-0.2, -0.15) is 0 Å². The maximum Gasteiger partial charge on any atom is 0.204 e. The van der Waals surface area contributed by atoms with Crippen LogP contribution in [0.3, 0.4) is 0 Å². The van der Waals surface area contributed by atoms with Crippen molar-refractivity contribution in [2.24, 2.45) is 5.92 Å². The van der Waals surface area contributed by atoms with Crippen LogP contribution in [0.4, 0.5) is 0 Å². The van der Waals surface area contributed by atoms with Crippen molar-refractivity contribution in [2.45, 2.75) is 32.7 Å². The van der Waals surface area contributed by atoms with E-state index in [0.717, 1.165) is 23.5 Å². The van der Waals surface area contributed by atoms with Crippen LogP contribution in [0.5, 0.6) is 0 Å². The third kappa shape index (κ3) is 4.67. The Labute approximate surface area is 140 Å². The van der Waals surface area contributed by atoms with Gasteiger partial charge in [-0.3, -0.25) is 9.65 Å². The average Bonchev–Trinajstić information content (AvgIpc) is 2.56. The monoisotopic (exact) mass is 327 g/mol. The predicted octanol–water partition coefficient (Wildman–Crippen LogP) is 4.50. The van der Waals surface area contributed by atoms with E-state index in [9.17, 15) is 4.57 Å². The molecule has 0 aliphatic carbocycles. The fourth-order valence-electron chi connectivity index (χ4n) is 2.80. The molecule has 2 aromatic carbocycles. The Hall–Kier alpha value is -1.63. The van der Waals surface area contributed by atoms with Gasteiger partial charge in [0, 0.05) is 16.7 Å². The van der Waals surface area contributed by atoms with Gasteiger partial charge in [-0.25, -0.2) is 0 Å². The third-order valence-corrected chi connectivity index (χ3v) is 6.59. The minimum Gasteiger partial charge on any atom is -0.297 e. The van der Waals surface area contributed by atoms with Crippen molar-refractivity contribution in [1.82, 2.24) is 5.09 Å². The van der Waals surface area contributed by atoms with E-state index in [0.29, 0.717) is 5.92 Å². The van der Waals surface area contributed by atoms with Gasteiger partial charge >= 0.3 is 0 Å². The summed E-state index contributed by atoms with van der Waals surface area (Å²) in [5.41, 5.74) is 0. The van der Waals surface area contributed by atoms with E-state index in [4.69, 9.17) is 0 Å². The summed E-state index contributed by atoms with van der Waals surface area (Å²) >= 11 is 0. The molecule has 0 amide bonds. The summed E-state index contributed by atoms with van der Waals surface area (Å²) in [6, 6.07) is 19.6. The Bertz CT molecular complexity index is 608. The van der Waals surface area contributed by atoms with Crippen molar-refractivity contribution in [3.63, 3.8) is 0 Å². The lowest BCUT2D eigenvalue weighted by Gasteiger charge is -2.27. The molecule has 0 spiro atoms. The van der Waals surface area contributed by atoms with Gasteiger partial charge in [0.25, 0.3) is 0 Å². The van der Waals surface area contributed by atoms with Crippen molar-refractivity contribution in [2.75, 3.05) is 0 Å². The first-order valence-electron chi connectivity index (χ1n) is 8.16. The fraction of sp³-hybridized carbons (Fsp3) is 0.300. The molecule has 0 bridgehead atoms. The summed E-state index contributed by atoms with van der Waals surface area (Å²) in [6.45, 7) is 8.23. The molecule has 1 N–H and O–H groups in total. The minimum atomic E-state index is -2.86. The minimum absolute atomic E-state index is 0.152. The van der Waals surface area contributed by atoms with Crippen molar-refractivity contribution in [3.05, 3.63) is 73.3 Å². The molecule has 0 saturated heterocycles. The summed E-state index contributed by atoms with van der Waals surface area (Å²) in [6.07, 6.45) is 3.68. The van der Waals surface area contributed by atoms with Crippen molar-refractivity contribution in [1.29, 1.82) is 0 Å². The highest BCUT2D eigenvalue weighted by molar-refractivity contribution is 7.76. The number of hydrogen-bond donors (Lipinski definition) is 1. The Morgan fingerprint density at radius 1 is 1.00 bits per heavy atom. The second-order valence-electron chi connectivity index (χ2n) is 6.26. The van der Waals surface area contributed by atoms with Crippen LogP contribution in [-0.2, 0) is 4.57 Å². The summed E-state index contributed by atoms with van der Waals surface area (Å²) in [4.78, 5) is 0. The summed E-state index contributed by atoms with van der Waals surface area (Å²) < 4.78 is 13.9. The molecule has 3 heteroatoms. The second-order valence-corrected chi connectivity index (χ2v) is 8.77. The number of hydrogen-bond acceptors (Lipinski definition) is 1. The number of benzene rings is 2. The summed E-state index contributed by atoms with van der Waals surface area (Å²) in [7, 11) is -2.86. The summed E-state index contributed by atoms with van der Waals surface area (Å²) in [5.74, 6) is 0.535. The highest BCUT2D eigenvalue weighted by Gasteiger charge is 2.29. The van der Waals surface area contributed by atoms with E-state index >= 15 is 0 Å². The maximum absolute atomic E-state index is 13.9. The van der Waals surface area contributed by atoms with Gasteiger partial charge in [0.05, 0.1) is 0 Å². The largest absolute Gasteiger partial charge is 0.297 e. The van der Waals surface area contributed by atoms with E-state index < -0.39 is 7.29 Å². The van der Waals surface area contributed by atoms with E-state index in [1.54, 1.807) is 0 Å². The first-order chi connectivity index (χ1) is 11.1. The molecule has 0 aliphatic heterocycles. The van der Waals surface area contributed by atoms with Crippen LogP contribution in [0.25, 0.3) is 0 Å². The smallest absolute Gasteiger partial charge is 0.204 e. The van der Waals surface area contributed by atoms with Gasteiger partial charge < -0.3 is 0 Å². The maximum atomic E-state index is 13.9. The van der Waals surface area contributed by atoms with E-state index in [1.807, 2.05) is 66.7 Å². The van der Waals surface area contributed by atoms with Gasteiger partial charge in [0.2, 0.25) is 7.29 Å². The van der Waals surface area contributed by atoms with Gasteiger partial charge in [-0.15, -0.1) is 6.58 Å². The molecule has 23 heavy (non-hydrogen) atoms. The molecular formula is C20H26NOP. The second kappa shape index (κ2) is 8.29. The fourth-order valence-corrected chi connectivity index (χ4v) is 5.31. The van der Waals surface area contributed by atoms with Crippen molar-refractivity contribution < 1.29 is 4.57 Å². The van der Waals surface area contributed by atoms with Crippen LogP contribution < -0.4 is 15.7 Å². The molecule has 0 saturated carbocycles. The lowest BCUT2D eigenvalue weighted by molar-refractivity contribution is 0.466. The highest BCUT2D eigenvalue weighted by atomic mass is 31.2. The molecular weight excluding hydrogens is 301 g/mol. The normalized spacial score (nSPS) is 13.0. The van der Waals surface area contributed by atoms with Gasteiger partial charge in [0.1, 0.15) is 0 Å². The molecule has 1 unspecified atom stereocenters. The molecule has 0 radical (unpaired) electrons.